The smallest absolute Gasteiger partial charge is 0.156 e. The summed E-state index contributed by atoms with van der Waals surface area (Å²) in [5.41, 5.74) is 15.8. The SMILES string of the molecule is c1ccc(-c2ccc(N(c3ccccc3)c3ccc(-n4c5ccc6ccccc6c5c5ccc6c(c54)Oc4ccccc4C64c5ccccc5-c5ccccc54)cc3)cc2)cc1. The number of benzene rings is 10. The van der Waals surface area contributed by atoms with Crippen LogP contribution in [-0.4, -0.2) is 4.57 Å². The van der Waals surface area contributed by atoms with Gasteiger partial charge in [-0.05, 0) is 105 Å². The Morgan fingerprint density at radius 2 is 0.952 bits per heavy atom. The molecule has 0 radical (unpaired) electrons. The molecule has 0 bridgehead atoms. The molecule has 1 spiro atoms. The molecular weight excluding hydrogens is 753 g/mol. The number of hydrogen-bond acceptors (Lipinski definition) is 2. The average molecular weight is 791 g/mol. The molecular formula is C59H38N2O. The van der Waals surface area contributed by atoms with Crippen LogP contribution >= 0.6 is 0 Å². The van der Waals surface area contributed by atoms with Gasteiger partial charge in [-0.2, -0.15) is 0 Å². The number of rotatable bonds is 5. The fraction of sp³-hybridized carbons (Fsp3) is 0.0169. The summed E-state index contributed by atoms with van der Waals surface area (Å²) in [6.07, 6.45) is 0. The van der Waals surface area contributed by atoms with E-state index in [0.29, 0.717) is 0 Å². The minimum absolute atomic E-state index is 0.564. The summed E-state index contributed by atoms with van der Waals surface area (Å²) < 4.78 is 9.74. The van der Waals surface area contributed by atoms with Gasteiger partial charge in [0.2, 0.25) is 0 Å². The first kappa shape index (κ1) is 34.7. The van der Waals surface area contributed by atoms with Gasteiger partial charge in [-0.25, -0.2) is 0 Å². The fourth-order valence-electron chi connectivity index (χ4n) is 10.7. The van der Waals surface area contributed by atoms with Crippen molar-refractivity contribution in [3.8, 4) is 39.4 Å². The number of para-hydroxylation sites is 2. The Hall–Kier alpha value is -8.14. The second-order valence-electron chi connectivity index (χ2n) is 16.4. The van der Waals surface area contributed by atoms with Gasteiger partial charge in [0.05, 0.1) is 16.4 Å². The second kappa shape index (κ2) is 13.4. The fourth-order valence-corrected chi connectivity index (χ4v) is 10.7. The van der Waals surface area contributed by atoms with Crippen LogP contribution in [0, 0.1) is 0 Å². The molecule has 0 fully saturated rings. The summed E-state index contributed by atoms with van der Waals surface area (Å²) in [5, 5.41) is 4.82. The zero-order valence-corrected chi connectivity index (χ0v) is 33.7. The maximum absolute atomic E-state index is 7.30. The Balaban J connectivity index is 1.06. The average Bonchev–Trinajstić information content (AvgIpc) is 3.84. The van der Waals surface area contributed by atoms with Gasteiger partial charge in [-0.15, -0.1) is 0 Å². The Morgan fingerprint density at radius 3 is 1.68 bits per heavy atom. The normalized spacial score (nSPS) is 13.1. The van der Waals surface area contributed by atoms with Crippen molar-refractivity contribution in [1.82, 2.24) is 4.57 Å². The molecule has 1 aliphatic carbocycles. The van der Waals surface area contributed by atoms with Crippen molar-refractivity contribution in [2.45, 2.75) is 5.41 Å². The highest BCUT2D eigenvalue weighted by molar-refractivity contribution is 6.22. The van der Waals surface area contributed by atoms with E-state index in [9.17, 15) is 0 Å². The predicted octanol–water partition coefficient (Wildman–Crippen LogP) is 15.5. The minimum atomic E-state index is -0.564. The molecule has 0 atom stereocenters. The maximum atomic E-state index is 7.30. The molecule has 11 aromatic rings. The zero-order valence-electron chi connectivity index (χ0n) is 33.7. The molecule has 1 aromatic heterocycles. The monoisotopic (exact) mass is 790 g/mol. The van der Waals surface area contributed by atoms with Crippen molar-refractivity contribution < 1.29 is 4.74 Å². The molecule has 62 heavy (non-hydrogen) atoms. The molecule has 290 valence electrons. The lowest BCUT2D eigenvalue weighted by atomic mass is 9.66. The van der Waals surface area contributed by atoms with Crippen LogP contribution in [0.25, 0.3) is 60.5 Å². The van der Waals surface area contributed by atoms with Gasteiger partial charge in [0.25, 0.3) is 0 Å². The first-order chi connectivity index (χ1) is 30.8. The largest absolute Gasteiger partial charge is 0.454 e. The highest BCUT2D eigenvalue weighted by Crippen LogP contribution is 2.63. The second-order valence-corrected chi connectivity index (χ2v) is 16.4. The van der Waals surface area contributed by atoms with Crippen molar-refractivity contribution in [2.24, 2.45) is 0 Å². The third kappa shape index (κ3) is 4.88. The number of hydrogen-bond donors (Lipinski definition) is 0. The molecule has 13 rings (SSSR count). The molecule has 3 nitrogen and oxygen atoms in total. The van der Waals surface area contributed by atoms with Crippen molar-refractivity contribution >= 4 is 49.6 Å². The van der Waals surface area contributed by atoms with Gasteiger partial charge in [0, 0.05) is 44.6 Å². The van der Waals surface area contributed by atoms with Gasteiger partial charge < -0.3 is 14.2 Å². The lowest BCUT2D eigenvalue weighted by Gasteiger charge is -2.39. The predicted molar refractivity (Wildman–Crippen MR) is 256 cm³/mol. The molecule has 3 heteroatoms. The molecule has 1 aliphatic heterocycles. The molecule has 0 saturated carbocycles. The van der Waals surface area contributed by atoms with Gasteiger partial charge in [-0.3, -0.25) is 0 Å². The van der Waals surface area contributed by atoms with Crippen molar-refractivity contribution in [3.63, 3.8) is 0 Å². The van der Waals surface area contributed by atoms with Crippen molar-refractivity contribution in [2.75, 3.05) is 4.90 Å². The minimum Gasteiger partial charge on any atom is -0.454 e. The van der Waals surface area contributed by atoms with Crippen LogP contribution in [0.3, 0.4) is 0 Å². The van der Waals surface area contributed by atoms with Gasteiger partial charge in [-0.1, -0.05) is 170 Å². The summed E-state index contributed by atoms with van der Waals surface area (Å²) >= 11 is 0. The molecule has 2 heterocycles. The van der Waals surface area contributed by atoms with Gasteiger partial charge >= 0.3 is 0 Å². The lowest BCUT2D eigenvalue weighted by molar-refractivity contribution is 0.440. The first-order valence-electron chi connectivity index (χ1n) is 21.3. The van der Waals surface area contributed by atoms with E-state index in [4.69, 9.17) is 4.74 Å². The molecule has 0 amide bonds. The number of anilines is 3. The Labute approximate surface area is 360 Å². The van der Waals surface area contributed by atoms with Crippen LogP contribution in [0.15, 0.2) is 231 Å². The van der Waals surface area contributed by atoms with Crippen molar-refractivity contribution in [1.29, 1.82) is 0 Å². The Bertz CT molecular complexity index is 3490. The molecule has 0 saturated heterocycles. The quantitative estimate of drug-likeness (QED) is 0.173. The number of nitrogens with zero attached hydrogens (tertiary/aromatic N) is 2. The van der Waals surface area contributed by atoms with E-state index < -0.39 is 5.41 Å². The topological polar surface area (TPSA) is 17.4 Å². The maximum Gasteiger partial charge on any atom is 0.156 e. The van der Waals surface area contributed by atoms with Crippen LogP contribution in [0.4, 0.5) is 17.1 Å². The van der Waals surface area contributed by atoms with Gasteiger partial charge in [0.1, 0.15) is 5.75 Å². The van der Waals surface area contributed by atoms with Gasteiger partial charge in [0.15, 0.2) is 5.75 Å². The Kier molecular flexibility index (Phi) is 7.52. The highest BCUT2D eigenvalue weighted by atomic mass is 16.5. The molecule has 10 aromatic carbocycles. The van der Waals surface area contributed by atoms with E-state index in [-0.39, 0.29) is 0 Å². The van der Waals surface area contributed by atoms with E-state index in [2.05, 4.69) is 240 Å². The van der Waals surface area contributed by atoms with Crippen LogP contribution < -0.4 is 9.64 Å². The van der Waals surface area contributed by atoms with E-state index in [0.717, 1.165) is 56.2 Å². The van der Waals surface area contributed by atoms with Crippen LogP contribution in [0.1, 0.15) is 22.3 Å². The summed E-state index contributed by atoms with van der Waals surface area (Å²) in [6.45, 7) is 0. The number of fused-ring (bicyclic) bond motifs is 15. The van der Waals surface area contributed by atoms with E-state index in [1.165, 1.54) is 55.1 Å². The third-order valence-electron chi connectivity index (χ3n) is 13.2. The highest BCUT2D eigenvalue weighted by Gasteiger charge is 2.51. The summed E-state index contributed by atoms with van der Waals surface area (Å²) in [7, 11) is 0. The lowest BCUT2D eigenvalue weighted by Crippen LogP contribution is -2.32. The van der Waals surface area contributed by atoms with E-state index >= 15 is 0 Å². The number of aromatic nitrogens is 1. The van der Waals surface area contributed by atoms with Crippen LogP contribution in [-0.2, 0) is 5.41 Å². The summed E-state index contributed by atoms with van der Waals surface area (Å²) in [5.74, 6) is 1.77. The zero-order chi connectivity index (χ0) is 40.8. The van der Waals surface area contributed by atoms with Crippen LogP contribution in [0.5, 0.6) is 11.5 Å². The van der Waals surface area contributed by atoms with Crippen LogP contribution in [0.2, 0.25) is 0 Å². The standard InChI is InChI=1S/C59H38N2O/c1-3-15-39(16-4-1)40-27-30-43(31-28-40)60(42-18-5-2-6-19-42)44-32-34-45(35-33-44)61-54-38-29-41-17-7-8-20-46(41)56(54)49-36-37-53-58(57(49)61)62-55-26-14-13-25-52(55)59(53)50-23-11-9-21-47(50)48-22-10-12-24-51(48)59/h1-38H. The molecule has 2 aliphatic rings. The van der Waals surface area contributed by atoms with Crippen molar-refractivity contribution in [3.05, 3.63) is 253 Å². The van der Waals surface area contributed by atoms with E-state index in [1.54, 1.807) is 0 Å². The number of ether oxygens (including phenoxy) is 1. The van der Waals surface area contributed by atoms with E-state index in [1.807, 2.05) is 0 Å². The summed E-state index contributed by atoms with van der Waals surface area (Å²) in [6, 6.07) is 83.6. The third-order valence-corrected chi connectivity index (χ3v) is 13.2. The summed E-state index contributed by atoms with van der Waals surface area (Å²) in [4.78, 5) is 2.33. The first-order valence-corrected chi connectivity index (χ1v) is 21.3. The molecule has 0 unspecified atom stereocenters. The Morgan fingerprint density at radius 1 is 0.387 bits per heavy atom. The molecule has 0 N–H and O–H groups in total.